The third-order valence-corrected chi connectivity index (χ3v) is 6.88. The molecule has 2 aromatic rings. The van der Waals surface area contributed by atoms with Crippen LogP contribution in [0.15, 0.2) is 42.5 Å². The number of amides is 2. The number of hydrogen-bond donors (Lipinski definition) is 1. The lowest BCUT2D eigenvalue weighted by Gasteiger charge is -2.34. The molecule has 0 radical (unpaired) electrons. The number of nitrogens with one attached hydrogen (secondary N) is 1. The quantitative estimate of drug-likeness (QED) is 0.758. The Kier molecular flexibility index (Phi) is 5.98. The molecular weight excluding hydrogens is 418 g/mol. The number of benzene rings is 2. The van der Waals surface area contributed by atoms with E-state index in [4.69, 9.17) is 9.47 Å². The van der Waals surface area contributed by atoms with Crippen molar-refractivity contribution in [1.82, 2.24) is 9.80 Å². The summed E-state index contributed by atoms with van der Waals surface area (Å²) in [6.07, 6.45) is 4.47. The fourth-order valence-electron chi connectivity index (χ4n) is 4.93. The Morgan fingerprint density at radius 1 is 0.970 bits per heavy atom. The summed E-state index contributed by atoms with van der Waals surface area (Å²) >= 11 is 0. The van der Waals surface area contributed by atoms with Crippen LogP contribution in [0.3, 0.4) is 0 Å². The molecule has 0 unspecified atom stereocenters. The molecule has 0 bridgehead atoms. The van der Waals surface area contributed by atoms with Crippen molar-refractivity contribution in [3.63, 3.8) is 0 Å². The minimum atomic E-state index is -0.499. The molecule has 0 aromatic heterocycles. The van der Waals surface area contributed by atoms with Gasteiger partial charge in [-0.15, -0.1) is 0 Å². The van der Waals surface area contributed by atoms with Crippen molar-refractivity contribution in [3.05, 3.63) is 53.6 Å². The molecule has 3 aliphatic rings. The first-order valence-electron chi connectivity index (χ1n) is 11.9. The monoisotopic (exact) mass is 449 g/mol. The maximum Gasteiger partial charge on any atom is 0.251 e. The zero-order valence-corrected chi connectivity index (χ0v) is 19.1. The zero-order chi connectivity index (χ0) is 22.8. The van der Waals surface area contributed by atoms with Crippen molar-refractivity contribution in [2.24, 2.45) is 0 Å². The summed E-state index contributed by atoms with van der Waals surface area (Å²) in [7, 11) is 0. The largest absolute Gasteiger partial charge is 0.448 e. The number of nitrogens with zero attached hydrogens (tertiary/aromatic N) is 2. The highest BCUT2D eigenvalue weighted by molar-refractivity contribution is 5.92. The van der Waals surface area contributed by atoms with E-state index in [9.17, 15) is 9.59 Å². The van der Waals surface area contributed by atoms with Gasteiger partial charge in [-0.05, 0) is 43.0 Å². The van der Waals surface area contributed by atoms with Gasteiger partial charge in [0.25, 0.3) is 5.79 Å². The first-order chi connectivity index (χ1) is 16.0. The first-order valence-corrected chi connectivity index (χ1v) is 11.9. The molecule has 5 rings (SSSR count). The van der Waals surface area contributed by atoms with Gasteiger partial charge in [0.15, 0.2) is 11.5 Å². The second-order valence-corrected chi connectivity index (χ2v) is 9.29. The molecule has 1 N–H and O–H groups in total. The summed E-state index contributed by atoms with van der Waals surface area (Å²) in [6.45, 7) is 5.01. The number of ether oxygens (including phenoxy) is 2. The van der Waals surface area contributed by atoms with Crippen LogP contribution in [0.4, 0.5) is 5.69 Å². The van der Waals surface area contributed by atoms with Crippen molar-refractivity contribution in [2.45, 2.75) is 44.8 Å². The van der Waals surface area contributed by atoms with Gasteiger partial charge in [-0.2, -0.15) is 0 Å². The Hall–Kier alpha value is -3.06. The van der Waals surface area contributed by atoms with Gasteiger partial charge in [-0.25, -0.2) is 0 Å². The highest BCUT2D eigenvalue weighted by Gasteiger charge is 2.44. The van der Waals surface area contributed by atoms with Crippen LogP contribution in [0, 0.1) is 6.92 Å². The summed E-state index contributed by atoms with van der Waals surface area (Å²) in [6, 6.07) is 13.6. The molecule has 0 atom stereocenters. The average Bonchev–Trinajstić information content (AvgIpc) is 3.41. The standard InChI is InChI=1S/C26H31N3O4/c1-19-6-2-3-7-20(19)16-25(31)29-14-12-28(13-15-29)18-24(30)27-21-8-9-22-23(17-21)33-26(32-22)10-4-5-11-26/h2-3,6-9,17H,4-5,10-16,18H2,1H3,(H,27,30). The van der Waals surface area contributed by atoms with Crippen LogP contribution in [0.1, 0.15) is 36.8 Å². The molecule has 2 amide bonds. The van der Waals surface area contributed by atoms with Gasteiger partial charge >= 0.3 is 0 Å². The van der Waals surface area contributed by atoms with E-state index >= 15 is 0 Å². The van der Waals surface area contributed by atoms with Crippen molar-refractivity contribution in [2.75, 3.05) is 38.0 Å². The van der Waals surface area contributed by atoms with Crippen molar-refractivity contribution < 1.29 is 19.1 Å². The smallest absolute Gasteiger partial charge is 0.251 e. The minimum absolute atomic E-state index is 0.0656. The van der Waals surface area contributed by atoms with Crippen LogP contribution in [-0.2, 0) is 16.0 Å². The van der Waals surface area contributed by atoms with Gasteiger partial charge in [0.05, 0.1) is 13.0 Å². The fourth-order valence-corrected chi connectivity index (χ4v) is 4.93. The van der Waals surface area contributed by atoms with Crippen LogP contribution >= 0.6 is 0 Å². The predicted octanol–water partition coefficient (Wildman–Crippen LogP) is 3.36. The van der Waals surface area contributed by atoms with Gasteiger partial charge in [-0.3, -0.25) is 14.5 Å². The molecule has 1 spiro atoms. The van der Waals surface area contributed by atoms with Crippen LogP contribution in [0.2, 0.25) is 0 Å². The Labute approximate surface area is 194 Å². The molecule has 1 saturated carbocycles. The lowest BCUT2D eigenvalue weighted by atomic mass is 10.1. The van der Waals surface area contributed by atoms with E-state index in [1.165, 1.54) is 0 Å². The third-order valence-electron chi connectivity index (χ3n) is 6.88. The molecule has 1 saturated heterocycles. The van der Waals surface area contributed by atoms with Gasteiger partial charge in [0, 0.05) is 50.8 Å². The van der Waals surface area contributed by atoms with Crippen LogP contribution < -0.4 is 14.8 Å². The minimum Gasteiger partial charge on any atom is -0.448 e. The third kappa shape index (κ3) is 4.83. The molecule has 33 heavy (non-hydrogen) atoms. The first kappa shape index (κ1) is 21.8. The van der Waals surface area contributed by atoms with Gasteiger partial charge in [0.2, 0.25) is 11.8 Å². The summed E-state index contributed by atoms with van der Waals surface area (Å²) in [4.78, 5) is 29.3. The second kappa shape index (κ2) is 9.06. The molecule has 1 aliphatic carbocycles. The molecule has 2 aromatic carbocycles. The van der Waals surface area contributed by atoms with Crippen molar-refractivity contribution in [1.29, 1.82) is 0 Å². The van der Waals surface area contributed by atoms with Gasteiger partial charge in [-0.1, -0.05) is 24.3 Å². The van der Waals surface area contributed by atoms with E-state index in [-0.39, 0.29) is 11.8 Å². The van der Waals surface area contributed by atoms with Crippen LogP contribution in [0.25, 0.3) is 0 Å². The fraction of sp³-hybridized carbons (Fsp3) is 0.462. The van der Waals surface area contributed by atoms with E-state index in [1.807, 2.05) is 54.3 Å². The Balaban J connectivity index is 1.09. The van der Waals surface area contributed by atoms with Crippen LogP contribution in [0.5, 0.6) is 11.5 Å². The molecule has 2 heterocycles. The number of hydrogen-bond acceptors (Lipinski definition) is 5. The van der Waals surface area contributed by atoms with Crippen molar-refractivity contribution >= 4 is 17.5 Å². The molecule has 174 valence electrons. The summed E-state index contributed by atoms with van der Waals surface area (Å²) in [5, 5.41) is 2.97. The normalized spacial score (nSPS) is 19.1. The lowest BCUT2D eigenvalue weighted by molar-refractivity contribution is -0.132. The molecular formula is C26H31N3O4. The highest BCUT2D eigenvalue weighted by Crippen LogP contribution is 2.47. The Morgan fingerprint density at radius 2 is 1.70 bits per heavy atom. The SMILES string of the molecule is Cc1ccccc1CC(=O)N1CCN(CC(=O)Nc2ccc3c(c2)OC2(CCCC2)O3)CC1. The van der Waals surface area contributed by atoms with Crippen LogP contribution in [-0.4, -0.2) is 60.1 Å². The molecule has 7 heteroatoms. The maximum absolute atomic E-state index is 12.7. The number of piperazine rings is 1. The summed E-state index contributed by atoms with van der Waals surface area (Å²) in [5.74, 6) is 1.04. The van der Waals surface area contributed by atoms with E-state index in [0.29, 0.717) is 50.6 Å². The number of aryl methyl sites for hydroxylation is 1. The Bertz CT molecular complexity index is 1040. The number of rotatable bonds is 5. The average molecular weight is 450 g/mol. The number of anilines is 1. The molecule has 7 nitrogen and oxygen atoms in total. The number of fused-ring (bicyclic) bond motifs is 1. The van der Waals surface area contributed by atoms with Crippen molar-refractivity contribution in [3.8, 4) is 11.5 Å². The number of carbonyl (C=O) groups excluding carboxylic acids is 2. The van der Waals surface area contributed by atoms with E-state index < -0.39 is 5.79 Å². The maximum atomic E-state index is 12.7. The van der Waals surface area contributed by atoms with E-state index in [1.54, 1.807) is 0 Å². The topological polar surface area (TPSA) is 71.1 Å². The summed E-state index contributed by atoms with van der Waals surface area (Å²) in [5.41, 5.74) is 2.93. The van der Waals surface area contributed by atoms with E-state index in [2.05, 4.69) is 10.2 Å². The summed E-state index contributed by atoms with van der Waals surface area (Å²) < 4.78 is 12.1. The zero-order valence-electron chi connectivity index (χ0n) is 19.1. The lowest BCUT2D eigenvalue weighted by Crippen LogP contribution is -2.50. The molecule has 2 fully saturated rings. The number of carbonyl (C=O) groups is 2. The van der Waals surface area contributed by atoms with Gasteiger partial charge < -0.3 is 19.7 Å². The molecule has 2 aliphatic heterocycles. The van der Waals surface area contributed by atoms with E-state index in [0.717, 1.165) is 42.6 Å². The predicted molar refractivity (Wildman–Crippen MR) is 125 cm³/mol. The Morgan fingerprint density at radius 3 is 2.45 bits per heavy atom. The highest BCUT2D eigenvalue weighted by atomic mass is 16.7. The second-order valence-electron chi connectivity index (χ2n) is 9.29. The van der Waals surface area contributed by atoms with Gasteiger partial charge in [0.1, 0.15) is 0 Å².